The fraction of sp³-hybridized carbons (Fsp3) is 0.875. The maximum Gasteiger partial charge on any atom is 0.323 e. The maximum atomic E-state index is 10.7. The Morgan fingerprint density at radius 3 is 2.75 bits per heavy atom. The number of carboxylic acid groups (broad SMARTS) is 1. The highest BCUT2D eigenvalue weighted by molar-refractivity contribution is 5.78. The highest BCUT2D eigenvalue weighted by atomic mass is 16.4. The molecule has 2 unspecified atom stereocenters. The number of carboxylic acids is 1. The van der Waals surface area contributed by atoms with Crippen LogP contribution in [0.2, 0.25) is 0 Å². The summed E-state index contributed by atoms with van der Waals surface area (Å²) in [7, 11) is 0. The van der Waals surface area contributed by atoms with Crippen LogP contribution in [0.4, 0.5) is 0 Å². The molecular formula is C8H15NO3. The van der Waals surface area contributed by atoms with Crippen molar-refractivity contribution in [3.05, 3.63) is 0 Å². The maximum absolute atomic E-state index is 10.7. The number of hydrogen-bond donors (Lipinski definition) is 3. The Morgan fingerprint density at radius 1 is 1.67 bits per heavy atom. The van der Waals surface area contributed by atoms with Crippen molar-refractivity contribution in [2.24, 2.45) is 11.7 Å². The first kappa shape index (κ1) is 9.48. The van der Waals surface area contributed by atoms with Gasteiger partial charge in [0.05, 0.1) is 0 Å². The van der Waals surface area contributed by atoms with E-state index in [4.69, 9.17) is 15.9 Å². The molecule has 0 aromatic carbocycles. The third-order valence-electron chi connectivity index (χ3n) is 2.61. The molecule has 0 saturated heterocycles. The molecule has 4 N–H and O–H groups in total. The van der Waals surface area contributed by atoms with Gasteiger partial charge in [-0.05, 0) is 31.6 Å². The minimum absolute atomic E-state index is 0.125. The van der Waals surface area contributed by atoms with Crippen LogP contribution in [-0.2, 0) is 4.79 Å². The van der Waals surface area contributed by atoms with Gasteiger partial charge in [0.1, 0.15) is 5.54 Å². The van der Waals surface area contributed by atoms with E-state index in [1.165, 1.54) is 0 Å². The number of aliphatic hydroxyl groups is 1. The predicted molar refractivity (Wildman–Crippen MR) is 43.6 cm³/mol. The van der Waals surface area contributed by atoms with Crippen LogP contribution in [0.15, 0.2) is 0 Å². The Kier molecular flexibility index (Phi) is 2.69. The van der Waals surface area contributed by atoms with Gasteiger partial charge in [0.25, 0.3) is 0 Å². The second kappa shape index (κ2) is 3.41. The van der Waals surface area contributed by atoms with Gasteiger partial charge in [-0.1, -0.05) is 0 Å². The van der Waals surface area contributed by atoms with Crippen LogP contribution in [-0.4, -0.2) is 28.3 Å². The highest BCUT2D eigenvalue weighted by Gasteiger charge is 2.41. The van der Waals surface area contributed by atoms with Gasteiger partial charge in [0.2, 0.25) is 0 Å². The Bertz CT molecular complexity index is 183. The summed E-state index contributed by atoms with van der Waals surface area (Å²) in [5.74, 6) is -0.626. The lowest BCUT2D eigenvalue weighted by molar-refractivity contribution is -0.143. The van der Waals surface area contributed by atoms with E-state index in [2.05, 4.69) is 0 Å². The summed E-state index contributed by atoms with van der Waals surface area (Å²) in [4.78, 5) is 10.7. The minimum atomic E-state index is -1.03. The molecule has 0 bridgehead atoms. The molecule has 0 aromatic heterocycles. The molecule has 0 radical (unpaired) electrons. The van der Waals surface area contributed by atoms with E-state index in [-0.39, 0.29) is 12.5 Å². The molecule has 4 heteroatoms. The SMILES string of the molecule is NC1(C(=O)O)CCC(CCO)C1. The fourth-order valence-electron chi connectivity index (χ4n) is 1.80. The lowest BCUT2D eigenvalue weighted by Gasteiger charge is -2.17. The van der Waals surface area contributed by atoms with E-state index in [1.54, 1.807) is 0 Å². The summed E-state index contributed by atoms with van der Waals surface area (Å²) in [6.07, 6.45) is 2.53. The number of carbonyl (C=O) groups is 1. The van der Waals surface area contributed by atoms with E-state index in [0.717, 1.165) is 6.42 Å². The molecule has 0 spiro atoms. The van der Waals surface area contributed by atoms with Crippen LogP contribution >= 0.6 is 0 Å². The van der Waals surface area contributed by atoms with Gasteiger partial charge in [-0.25, -0.2) is 0 Å². The Morgan fingerprint density at radius 2 is 2.33 bits per heavy atom. The van der Waals surface area contributed by atoms with Crippen LogP contribution in [0.1, 0.15) is 25.7 Å². The van der Waals surface area contributed by atoms with Gasteiger partial charge in [0.15, 0.2) is 0 Å². The first-order valence-corrected chi connectivity index (χ1v) is 4.21. The van der Waals surface area contributed by atoms with Crippen LogP contribution in [0, 0.1) is 5.92 Å². The largest absolute Gasteiger partial charge is 0.480 e. The summed E-state index contributed by atoms with van der Waals surface area (Å²) in [5.41, 5.74) is 4.61. The molecule has 12 heavy (non-hydrogen) atoms. The highest BCUT2D eigenvalue weighted by Crippen LogP contribution is 2.34. The van der Waals surface area contributed by atoms with Crippen LogP contribution in [0.3, 0.4) is 0 Å². The summed E-state index contributed by atoms with van der Waals surface area (Å²) in [6, 6.07) is 0. The van der Waals surface area contributed by atoms with Crippen LogP contribution < -0.4 is 5.73 Å². The number of aliphatic carboxylic acids is 1. The summed E-state index contributed by atoms with van der Waals surface area (Å²) >= 11 is 0. The first-order chi connectivity index (χ1) is 5.58. The molecule has 70 valence electrons. The fourth-order valence-corrected chi connectivity index (χ4v) is 1.80. The predicted octanol–water partition coefficient (Wildman–Crippen LogP) is -0.0490. The zero-order valence-electron chi connectivity index (χ0n) is 6.99. The lowest BCUT2D eigenvalue weighted by atomic mass is 9.96. The molecule has 0 aliphatic heterocycles. The van der Waals surface area contributed by atoms with Gasteiger partial charge in [-0.3, -0.25) is 4.79 Å². The molecule has 1 fully saturated rings. The van der Waals surface area contributed by atoms with Crippen molar-refractivity contribution < 1.29 is 15.0 Å². The molecule has 1 rings (SSSR count). The van der Waals surface area contributed by atoms with Crippen LogP contribution in [0.25, 0.3) is 0 Å². The zero-order chi connectivity index (χ0) is 9.19. The van der Waals surface area contributed by atoms with Gasteiger partial charge in [-0.2, -0.15) is 0 Å². The van der Waals surface area contributed by atoms with Crippen molar-refractivity contribution in [3.8, 4) is 0 Å². The molecule has 0 amide bonds. The van der Waals surface area contributed by atoms with Crippen molar-refractivity contribution in [2.75, 3.05) is 6.61 Å². The number of rotatable bonds is 3. The molecule has 1 aliphatic carbocycles. The quantitative estimate of drug-likeness (QED) is 0.558. The van der Waals surface area contributed by atoms with Crippen molar-refractivity contribution >= 4 is 5.97 Å². The van der Waals surface area contributed by atoms with Gasteiger partial charge in [-0.15, -0.1) is 0 Å². The number of nitrogens with two attached hydrogens (primary N) is 1. The second-order valence-electron chi connectivity index (χ2n) is 3.58. The van der Waals surface area contributed by atoms with E-state index >= 15 is 0 Å². The molecular weight excluding hydrogens is 158 g/mol. The molecule has 2 atom stereocenters. The average molecular weight is 173 g/mol. The number of hydrogen-bond acceptors (Lipinski definition) is 3. The topological polar surface area (TPSA) is 83.6 Å². The molecule has 1 aliphatic rings. The lowest BCUT2D eigenvalue weighted by Crippen LogP contribution is -2.45. The van der Waals surface area contributed by atoms with Gasteiger partial charge in [0, 0.05) is 6.61 Å². The summed E-state index contributed by atoms with van der Waals surface area (Å²) in [5, 5.41) is 17.4. The molecule has 4 nitrogen and oxygen atoms in total. The zero-order valence-corrected chi connectivity index (χ0v) is 6.99. The monoisotopic (exact) mass is 173 g/mol. The third-order valence-corrected chi connectivity index (χ3v) is 2.61. The summed E-state index contributed by atoms with van der Waals surface area (Å²) in [6.45, 7) is 0.125. The van der Waals surface area contributed by atoms with Crippen LogP contribution in [0.5, 0.6) is 0 Å². The van der Waals surface area contributed by atoms with E-state index in [1.807, 2.05) is 0 Å². The first-order valence-electron chi connectivity index (χ1n) is 4.21. The normalized spacial score (nSPS) is 35.3. The molecule has 0 heterocycles. The van der Waals surface area contributed by atoms with Gasteiger partial charge < -0.3 is 15.9 Å². The smallest absolute Gasteiger partial charge is 0.323 e. The third kappa shape index (κ3) is 1.76. The van der Waals surface area contributed by atoms with E-state index in [0.29, 0.717) is 19.3 Å². The van der Waals surface area contributed by atoms with Crippen molar-refractivity contribution in [2.45, 2.75) is 31.2 Å². The van der Waals surface area contributed by atoms with E-state index < -0.39 is 11.5 Å². The van der Waals surface area contributed by atoms with Gasteiger partial charge >= 0.3 is 5.97 Å². The molecule has 1 saturated carbocycles. The number of aliphatic hydroxyl groups excluding tert-OH is 1. The second-order valence-corrected chi connectivity index (χ2v) is 3.58. The summed E-state index contributed by atoms with van der Waals surface area (Å²) < 4.78 is 0. The minimum Gasteiger partial charge on any atom is -0.480 e. The standard InChI is InChI=1S/C8H15NO3/c9-8(7(11)12)3-1-6(5-8)2-4-10/h6,10H,1-5,9H2,(H,11,12). The Hall–Kier alpha value is -0.610. The average Bonchev–Trinajstić information content (AvgIpc) is 2.34. The molecule has 0 aromatic rings. The van der Waals surface area contributed by atoms with E-state index in [9.17, 15) is 4.79 Å². The van der Waals surface area contributed by atoms with Crippen molar-refractivity contribution in [1.82, 2.24) is 0 Å². The van der Waals surface area contributed by atoms with Crippen molar-refractivity contribution in [3.63, 3.8) is 0 Å². The Balaban J connectivity index is 2.49. The van der Waals surface area contributed by atoms with Crippen molar-refractivity contribution in [1.29, 1.82) is 0 Å². The Labute approximate surface area is 71.4 Å².